The Labute approximate surface area is 189 Å². The topological polar surface area (TPSA) is 85.9 Å². The Morgan fingerprint density at radius 1 is 0.879 bits per heavy atom. The fourth-order valence-corrected chi connectivity index (χ4v) is 3.02. The third-order valence-electron chi connectivity index (χ3n) is 4.67. The fraction of sp³-hybridized carbons (Fsp3) is 0.167. The van der Waals surface area contributed by atoms with E-state index in [1.54, 1.807) is 54.6 Å². The van der Waals surface area contributed by atoms with Crippen molar-refractivity contribution in [2.45, 2.75) is 13.2 Å². The van der Waals surface area contributed by atoms with Crippen LogP contribution in [0.4, 0.5) is 14.5 Å². The molecule has 0 radical (unpaired) electrons. The molecule has 0 aliphatic carbocycles. The zero-order chi connectivity index (χ0) is 23.8. The molecule has 172 valence electrons. The highest BCUT2D eigenvalue weighted by Crippen LogP contribution is 2.29. The molecule has 0 spiro atoms. The van der Waals surface area contributed by atoms with Crippen molar-refractivity contribution in [2.75, 3.05) is 19.5 Å². The third-order valence-corrected chi connectivity index (χ3v) is 4.67. The average Bonchev–Trinajstić information content (AvgIpc) is 2.82. The molecule has 0 fully saturated rings. The minimum atomic E-state index is -3.01. The second-order valence-electron chi connectivity index (χ2n) is 6.77. The molecule has 0 atom stereocenters. The molecule has 0 heterocycles. The van der Waals surface area contributed by atoms with Crippen LogP contribution in [0, 0.1) is 0 Å². The van der Waals surface area contributed by atoms with E-state index in [4.69, 9.17) is 9.47 Å². The maximum Gasteiger partial charge on any atom is 0.387 e. The van der Waals surface area contributed by atoms with Gasteiger partial charge in [0.2, 0.25) is 0 Å². The minimum Gasteiger partial charge on any atom is -0.497 e. The van der Waals surface area contributed by atoms with Gasteiger partial charge in [0.15, 0.2) is 11.5 Å². The number of methoxy groups -OCH3 is 2. The van der Waals surface area contributed by atoms with Gasteiger partial charge in [-0.1, -0.05) is 18.2 Å². The largest absolute Gasteiger partial charge is 0.497 e. The maximum absolute atomic E-state index is 12.8. The number of hydrogen-bond donors (Lipinski definition) is 2. The van der Waals surface area contributed by atoms with Gasteiger partial charge in [-0.15, -0.1) is 0 Å². The highest BCUT2D eigenvalue weighted by molar-refractivity contribution is 6.09. The van der Waals surface area contributed by atoms with Crippen molar-refractivity contribution in [2.24, 2.45) is 0 Å². The summed E-state index contributed by atoms with van der Waals surface area (Å²) in [6.45, 7) is -2.96. The first-order valence-corrected chi connectivity index (χ1v) is 9.85. The van der Waals surface area contributed by atoms with Crippen molar-refractivity contribution in [1.82, 2.24) is 5.32 Å². The average molecular weight is 456 g/mol. The van der Waals surface area contributed by atoms with Crippen molar-refractivity contribution in [3.05, 3.63) is 83.4 Å². The number of carbonyl (C=O) groups is 2. The summed E-state index contributed by atoms with van der Waals surface area (Å²) in [5, 5.41) is 5.44. The van der Waals surface area contributed by atoms with Crippen LogP contribution in [0.5, 0.6) is 17.2 Å². The monoisotopic (exact) mass is 456 g/mol. The molecule has 3 aromatic rings. The van der Waals surface area contributed by atoms with Crippen LogP contribution in [0.1, 0.15) is 26.3 Å². The lowest BCUT2D eigenvalue weighted by atomic mass is 10.1. The predicted octanol–water partition coefficient (Wildman–Crippen LogP) is 4.49. The first kappa shape index (κ1) is 23.5. The van der Waals surface area contributed by atoms with Crippen LogP contribution in [0.2, 0.25) is 0 Å². The van der Waals surface area contributed by atoms with E-state index in [1.165, 1.54) is 26.4 Å². The molecule has 0 aromatic heterocycles. The second kappa shape index (κ2) is 10.9. The van der Waals surface area contributed by atoms with E-state index in [-0.39, 0.29) is 29.5 Å². The molecule has 2 amide bonds. The quantitative estimate of drug-likeness (QED) is 0.496. The van der Waals surface area contributed by atoms with Gasteiger partial charge >= 0.3 is 6.61 Å². The Morgan fingerprint density at radius 2 is 1.61 bits per heavy atom. The number of halogens is 2. The highest BCUT2D eigenvalue weighted by atomic mass is 19.3. The zero-order valence-electron chi connectivity index (χ0n) is 17.9. The minimum absolute atomic E-state index is 0.0448. The summed E-state index contributed by atoms with van der Waals surface area (Å²) in [7, 11) is 2.87. The van der Waals surface area contributed by atoms with Gasteiger partial charge in [-0.25, -0.2) is 0 Å². The van der Waals surface area contributed by atoms with Crippen molar-refractivity contribution < 1.29 is 32.6 Å². The number of alkyl halides is 2. The van der Waals surface area contributed by atoms with Gasteiger partial charge in [-0.2, -0.15) is 8.78 Å². The summed E-state index contributed by atoms with van der Waals surface area (Å²) in [5.41, 5.74) is 1.50. The Hall–Kier alpha value is -4.14. The molecule has 33 heavy (non-hydrogen) atoms. The molecule has 0 saturated carbocycles. The van der Waals surface area contributed by atoms with Gasteiger partial charge in [-0.05, 0) is 54.1 Å². The molecule has 3 aromatic carbocycles. The maximum atomic E-state index is 12.8. The molecule has 0 aliphatic heterocycles. The van der Waals surface area contributed by atoms with E-state index >= 15 is 0 Å². The predicted molar refractivity (Wildman–Crippen MR) is 118 cm³/mol. The number of benzene rings is 3. The normalized spacial score (nSPS) is 10.5. The van der Waals surface area contributed by atoms with E-state index in [1.807, 2.05) is 0 Å². The van der Waals surface area contributed by atoms with Crippen LogP contribution >= 0.6 is 0 Å². The van der Waals surface area contributed by atoms with Gasteiger partial charge in [0.05, 0.1) is 25.5 Å². The number of anilines is 1. The van der Waals surface area contributed by atoms with Gasteiger partial charge < -0.3 is 24.8 Å². The smallest absolute Gasteiger partial charge is 0.387 e. The van der Waals surface area contributed by atoms with Crippen LogP contribution in [0.3, 0.4) is 0 Å². The van der Waals surface area contributed by atoms with Crippen LogP contribution in [0.25, 0.3) is 0 Å². The van der Waals surface area contributed by atoms with Crippen LogP contribution < -0.4 is 24.8 Å². The number of hydrogen-bond acceptors (Lipinski definition) is 5. The Balaban J connectivity index is 1.70. The number of rotatable bonds is 9. The van der Waals surface area contributed by atoms with E-state index in [9.17, 15) is 18.4 Å². The van der Waals surface area contributed by atoms with Gasteiger partial charge in [0, 0.05) is 12.1 Å². The number of para-hydroxylation sites is 1. The van der Waals surface area contributed by atoms with Gasteiger partial charge in [0.1, 0.15) is 5.75 Å². The lowest BCUT2D eigenvalue weighted by molar-refractivity contribution is -0.0512. The number of amides is 2. The third kappa shape index (κ3) is 6.19. The molecule has 2 N–H and O–H groups in total. The molecule has 0 aliphatic rings. The van der Waals surface area contributed by atoms with E-state index in [0.717, 1.165) is 0 Å². The van der Waals surface area contributed by atoms with Crippen molar-refractivity contribution in [1.29, 1.82) is 0 Å². The molecule has 0 bridgehead atoms. The van der Waals surface area contributed by atoms with E-state index in [2.05, 4.69) is 15.4 Å². The Morgan fingerprint density at radius 3 is 2.27 bits per heavy atom. The van der Waals surface area contributed by atoms with Crippen molar-refractivity contribution in [3.8, 4) is 17.2 Å². The first-order valence-electron chi connectivity index (χ1n) is 9.85. The summed E-state index contributed by atoms with van der Waals surface area (Å²) in [6, 6.07) is 17.5. The van der Waals surface area contributed by atoms with E-state index in [0.29, 0.717) is 22.6 Å². The summed E-state index contributed by atoms with van der Waals surface area (Å²) < 4.78 is 39.8. The Kier molecular flexibility index (Phi) is 7.80. The molecule has 7 nitrogen and oxygen atoms in total. The number of nitrogens with one attached hydrogen (secondary N) is 2. The molecule has 3 rings (SSSR count). The van der Waals surface area contributed by atoms with Crippen LogP contribution in [-0.4, -0.2) is 32.6 Å². The van der Waals surface area contributed by atoms with Crippen LogP contribution in [-0.2, 0) is 6.54 Å². The molecular formula is C24H22F2N2O5. The lowest BCUT2D eigenvalue weighted by Gasteiger charge is -2.13. The highest BCUT2D eigenvalue weighted by Gasteiger charge is 2.15. The van der Waals surface area contributed by atoms with E-state index < -0.39 is 12.5 Å². The SMILES string of the molecule is COc1ccc(C(=O)Nc2ccccc2C(=O)NCc2ccc(OC)c(OC(F)F)c2)cc1. The second-order valence-corrected chi connectivity index (χ2v) is 6.77. The van der Waals surface area contributed by atoms with Gasteiger partial charge in [0.25, 0.3) is 11.8 Å². The number of ether oxygens (including phenoxy) is 3. The summed E-state index contributed by atoms with van der Waals surface area (Å²) >= 11 is 0. The zero-order valence-corrected chi connectivity index (χ0v) is 17.9. The summed E-state index contributed by atoms with van der Waals surface area (Å²) in [4.78, 5) is 25.4. The van der Waals surface area contributed by atoms with Crippen molar-refractivity contribution >= 4 is 17.5 Å². The van der Waals surface area contributed by atoms with Gasteiger partial charge in [-0.3, -0.25) is 9.59 Å². The standard InChI is InChI=1S/C24H22F2N2O5/c1-31-17-10-8-16(9-11-17)22(29)28-19-6-4-3-5-18(19)23(30)27-14-15-7-12-20(32-2)21(13-15)33-24(25)26/h3-13,24H,14H2,1-2H3,(H,27,30)(H,28,29). The summed E-state index contributed by atoms with van der Waals surface area (Å²) in [5.74, 6) is -0.204. The Bertz CT molecular complexity index is 1120. The summed E-state index contributed by atoms with van der Waals surface area (Å²) in [6.07, 6.45) is 0. The lowest BCUT2D eigenvalue weighted by Crippen LogP contribution is -2.25. The first-order chi connectivity index (χ1) is 15.9. The fourth-order valence-electron chi connectivity index (χ4n) is 3.02. The molecule has 9 heteroatoms. The molecule has 0 saturated heterocycles. The van der Waals surface area contributed by atoms with Crippen LogP contribution in [0.15, 0.2) is 66.7 Å². The van der Waals surface area contributed by atoms with Crippen molar-refractivity contribution in [3.63, 3.8) is 0 Å². The molecular weight excluding hydrogens is 434 g/mol. The molecule has 0 unspecified atom stereocenters. The number of carbonyl (C=O) groups excluding carboxylic acids is 2.